The van der Waals surface area contributed by atoms with Crippen molar-refractivity contribution in [1.82, 2.24) is 0 Å². The normalized spacial score (nSPS) is 10.9. The van der Waals surface area contributed by atoms with Crippen LogP contribution in [0.4, 0.5) is 4.79 Å². The van der Waals surface area contributed by atoms with E-state index in [1.807, 2.05) is 0 Å². The van der Waals surface area contributed by atoms with Crippen molar-refractivity contribution in [3.05, 3.63) is 54.1 Å². The average Bonchev–Trinajstić information content (AvgIpc) is 2.47. The largest absolute Gasteiger partial charge is 0.411 e. The fourth-order valence-corrected chi connectivity index (χ4v) is 2.93. The smallest absolute Gasteiger partial charge is 0.409 e. The first-order valence-corrected chi connectivity index (χ1v) is 7.29. The van der Waals surface area contributed by atoms with Gasteiger partial charge in [0.2, 0.25) is 9.84 Å². The number of ether oxygens (including phenoxy) is 1. The van der Waals surface area contributed by atoms with E-state index in [9.17, 15) is 18.0 Å². The van der Waals surface area contributed by atoms with E-state index in [0.29, 0.717) is 11.8 Å². The Labute approximate surface area is 121 Å². The summed E-state index contributed by atoms with van der Waals surface area (Å²) in [6, 6.07) is 10.8. The maximum atomic E-state index is 12.3. The van der Waals surface area contributed by atoms with Crippen LogP contribution in [0.25, 0.3) is 0 Å². The maximum Gasteiger partial charge on any atom is 0.409 e. The van der Waals surface area contributed by atoms with Crippen LogP contribution in [0.3, 0.4) is 0 Å². The summed E-state index contributed by atoms with van der Waals surface area (Å²) >= 11 is 0. The Hall–Kier alpha value is -2.67. The number of carbonyl (C=O) groups excluding carboxylic acids is 2. The van der Waals surface area contributed by atoms with E-state index < -0.39 is 15.9 Å². The molecule has 0 aliphatic rings. The topological polar surface area (TPSA) is 104 Å². The number of benzene rings is 2. The zero-order valence-electron chi connectivity index (χ0n) is 10.7. The summed E-state index contributed by atoms with van der Waals surface area (Å²) in [5.41, 5.74) is 5.25. The summed E-state index contributed by atoms with van der Waals surface area (Å²) in [5, 5.41) is 0. The number of carbonyl (C=O) groups is 2. The van der Waals surface area contributed by atoms with E-state index in [4.69, 9.17) is 5.73 Å². The zero-order chi connectivity index (χ0) is 15.5. The number of primary amides is 1. The second-order valence-corrected chi connectivity index (χ2v) is 6.03. The molecule has 2 aromatic carbocycles. The van der Waals surface area contributed by atoms with Crippen LogP contribution < -0.4 is 10.5 Å². The van der Waals surface area contributed by atoms with Crippen LogP contribution in [0.2, 0.25) is 0 Å². The molecule has 0 saturated heterocycles. The van der Waals surface area contributed by atoms with Crippen molar-refractivity contribution in [3.8, 4) is 5.75 Å². The second-order valence-electron chi connectivity index (χ2n) is 4.08. The standard InChI is InChI=1S/C14H11NO5S/c15-14(17)20-11-3-7-13(8-4-11)21(18,19)12-5-1-10(9-16)2-6-12/h1-9H,(H2,15,17). The van der Waals surface area contributed by atoms with Gasteiger partial charge in [-0.05, 0) is 36.4 Å². The SMILES string of the molecule is NC(=O)Oc1ccc(S(=O)(=O)c2ccc(C=O)cc2)cc1. The minimum atomic E-state index is -3.70. The van der Waals surface area contributed by atoms with E-state index in [-0.39, 0.29) is 15.5 Å². The quantitative estimate of drug-likeness (QED) is 0.867. The van der Waals surface area contributed by atoms with E-state index in [1.54, 1.807) is 0 Å². The molecule has 2 aromatic rings. The molecular formula is C14H11NO5S. The molecule has 0 aromatic heterocycles. The Bertz CT molecular complexity index is 764. The number of hydrogen-bond donors (Lipinski definition) is 1. The van der Waals surface area contributed by atoms with Crippen LogP contribution in [0.15, 0.2) is 58.3 Å². The Morgan fingerprint density at radius 2 is 1.43 bits per heavy atom. The summed E-state index contributed by atoms with van der Waals surface area (Å²) in [7, 11) is -3.70. The minimum absolute atomic E-state index is 0.0400. The lowest BCUT2D eigenvalue weighted by molar-refractivity contribution is 0.112. The van der Waals surface area contributed by atoms with Crippen molar-refractivity contribution in [2.75, 3.05) is 0 Å². The van der Waals surface area contributed by atoms with Gasteiger partial charge in [-0.1, -0.05) is 12.1 Å². The third kappa shape index (κ3) is 3.26. The van der Waals surface area contributed by atoms with Gasteiger partial charge in [0.15, 0.2) is 0 Å². The zero-order valence-corrected chi connectivity index (χ0v) is 11.5. The van der Waals surface area contributed by atoms with Gasteiger partial charge in [-0.25, -0.2) is 13.2 Å². The van der Waals surface area contributed by atoms with Gasteiger partial charge in [-0.2, -0.15) is 0 Å². The number of rotatable bonds is 4. The van der Waals surface area contributed by atoms with E-state index in [1.165, 1.54) is 48.5 Å². The molecule has 0 unspecified atom stereocenters. The monoisotopic (exact) mass is 305 g/mol. The predicted molar refractivity (Wildman–Crippen MR) is 73.9 cm³/mol. The molecule has 0 heterocycles. The summed E-state index contributed by atoms with van der Waals surface area (Å²) < 4.78 is 29.3. The summed E-state index contributed by atoms with van der Waals surface area (Å²) in [4.78, 5) is 21.3. The van der Waals surface area contributed by atoms with Crippen molar-refractivity contribution < 1.29 is 22.7 Å². The molecule has 0 atom stereocenters. The molecule has 21 heavy (non-hydrogen) atoms. The lowest BCUT2D eigenvalue weighted by Crippen LogP contribution is -2.16. The van der Waals surface area contributed by atoms with Gasteiger partial charge in [0, 0.05) is 5.56 Å². The lowest BCUT2D eigenvalue weighted by atomic mass is 10.2. The third-order valence-electron chi connectivity index (χ3n) is 2.68. The first-order chi connectivity index (χ1) is 9.93. The number of aldehydes is 1. The first kappa shape index (κ1) is 14.7. The first-order valence-electron chi connectivity index (χ1n) is 5.81. The summed E-state index contributed by atoms with van der Waals surface area (Å²) in [5.74, 6) is 0.151. The fourth-order valence-electron chi connectivity index (χ4n) is 1.66. The molecule has 0 fully saturated rings. The van der Waals surface area contributed by atoms with Crippen molar-refractivity contribution in [2.45, 2.75) is 9.79 Å². The van der Waals surface area contributed by atoms with Gasteiger partial charge in [0.05, 0.1) is 9.79 Å². The molecule has 0 aliphatic heterocycles. The third-order valence-corrected chi connectivity index (χ3v) is 4.46. The Kier molecular flexibility index (Phi) is 4.04. The van der Waals surface area contributed by atoms with Crippen molar-refractivity contribution in [1.29, 1.82) is 0 Å². The Morgan fingerprint density at radius 1 is 0.952 bits per heavy atom. The summed E-state index contributed by atoms with van der Waals surface area (Å²) in [6.45, 7) is 0. The van der Waals surface area contributed by atoms with Crippen molar-refractivity contribution in [3.63, 3.8) is 0 Å². The molecule has 0 radical (unpaired) electrons. The highest BCUT2D eigenvalue weighted by molar-refractivity contribution is 7.91. The van der Waals surface area contributed by atoms with Crippen molar-refractivity contribution in [2.24, 2.45) is 5.73 Å². The highest BCUT2D eigenvalue weighted by Crippen LogP contribution is 2.23. The molecule has 2 rings (SSSR count). The van der Waals surface area contributed by atoms with Crippen LogP contribution in [-0.2, 0) is 9.84 Å². The van der Waals surface area contributed by atoms with Crippen LogP contribution in [0.5, 0.6) is 5.75 Å². The summed E-state index contributed by atoms with van der Waals surface area (Å²) in [6.07, 6.45) is -0.345. The molecular weight excluding hydrogens is 294 g/mol. The second kappa shape index (κ2) is 5.76. The van der Waals surface area contributed by atoms with Gasteiger partial charge >= 0.3 is 6.09 Å². The van der Waals surface area contributed by atoms with Gasteiger partial charge in [-0.15, -0.1) is 0 Å². The predicted octanol–water partition coefficient (Wildman–Crippen LogP) is 1.79. The Balaban J connectivity index is 2.34. The fraction of sp³-hybridized carbons (Fsp3) is 0. The minimum Gasteiger partial charge on any atom is -0.411 e. The Morgan fingerprint density at radius 3 is 1.86 bits per heavy atom. The molecule has 0 bridgehead atoms. The number of sulfone groups is 1. The molecule has 0 spiro atoms. The van der Waals surface area contributed by atoms with E-state index >= 15 is 0 Å². The molecule has 2 N–H and O–H groups in total. The molecule has 108 valence electrons. The molecule has 7 heteroatoms. The highest BCUT2D eigenvalue weighted by atomic mass is 32.2. The van der Waals surface area contributed by atoms with Gasteiger partial charge in [0.25, 0.3) is 0 Å². The van der Waals surface area contributed by atoms with Crippen LogP contribution in [0, 0.1) is 0 Å². The van der Waals surface area contributed by atoms with Gasteiger partial charge in [0.1, 0.15) is 12.0 Å². The van der Waals surface area contributed by atoms with Crippen molar-refractivity contribution >= 4 is 22.2 Å². The van der Waals surface area contributed by atoms with Crippen LogP contribution >= 0.6 is 0 Å². The average molecular weight is 305 g/mol. The molecule has 0 aliphatic carbocycles. The van der Waals surface area contributed by atoms with Crippen LogP contribution in [0.1, 0.15) is 10.4 Å². The molecule has 6 nitrogen and oxygen atoms in total. The van der Waals surface area contributed by atoms with Gasteiger partial charge < -0.3 is 10.5 Å². The van der Waals surface area contributed by atoms with Gasteiger partial charge in [-0.3, -0.25) is 4.79 Å². The van der Waals surface area contributed by atoms with E-state index in [0.717, 1.165) is 0 Å². The number of amides is 1. The lowest BCUT2D eigenvalue weighted by Gasteiger charge is -2.06. The molecule has 0 saturated carbocycles. The highest BCUT2D eigenvalue weighted by Gasteiger charge is 2.17. The maximum absolute atomic E-state index is 12.3. The number of nitrogens with two attached hydrogens (primary N) is 1. The number of hydrogen-bond acceptors (Lipinski definition) is 5. The van der Waals surface area contributed by atoms with Crippen LogP contribution in [-0.4, -0.2) is 20.8 Å². The van der Waals surface area contributed by atoms with E-state index in [2.05, 4.69) is 4.74 Å². The molecule has 1 amide bonds.